The molecule has 0 atom stereocenters. The van der Waals surface area contributed by atoms with Gasteiger partial charge in [0, 0.05) is 37.9 Å². The second-order valence-electron chi connectivity index (χ2n) is 11.6. The Morgan fingerprint density at radius 1 is 0.667 bits per heavy atom. The van der Waals surface area contributed by atoms with Gasteiger partial charge in [-0.05, 0) is 53.9 Å². The molecule has 0 spiro atoms. The van der Waals surface area contributed by atoms with E-state index in [0.29, 0.717) is 0 Å². The van der Waals surface area contributed by atoms with Gasteiger partial charge < -0.3 is 14.4 Å². The number of hydrogen-bond acceptors (Lipinski definition) is 3. The Labute approximate surface area is 278 Å². The van der Waals surface area contributed by atoms with E-state index >= 15 is 0 Å². The maximum atomic E-state index is 5.90. The first-order valence-electron chi connectivity index (χ1n) is 15.5. The van der Waals surface area contributed by atoms with Gasteiger partial charge in [-0.3, -0.25) is 0 Å². The molecule has 1 aliphatic carbocycles. The van der Waals surface area contributed by atoms with Crippen molar-refractivity contribution >= 4 is 21.9 Å². The third-order valence-corrected chi connectivity index (χ3v) is 8.50. The van der Waals surface area contributed by atoms with Crippen molar-refractivity contribution in [1.29, 1.82) is 0 Å². The van der Waals surface area contributed by atoms with Crippen LogP contribution in [0.1, 0.15) is 42.4 Å². The molecule has 8 rings (SSSR count). The Balaban J connectivity index is 0.000000161. The van der Waals surface area contributed by atoms with Crippen LogP contribution in [0, 0.1) is 18.1 Å². The van der Waals surface area contributed by atoms with Gasteiger partial charge in [0.2, 0.25) is 0 Å². The molecule has 0 bridgehead atoms. The summed E-state index contributed by atoms with van der Waals surface area (Å²) in [5.74, 6) is 0.847. The molecule has 1 fully saturated rings. The molecule has 45 heavy (non-hydrogen) atoms. The fourth-order valence-electron chi connectivity index (χ4n) is 6.29. The molecule has 0 saturated heterocycles. The molecule has 1 aliphatic rings. The van der Waals surface area contributed by atoms with Crippen LogP contribution in [0.5, 0.6) is 0 Å². The Hall–Kier alpha value is -4.37. The third-order valence-electron chi connectivity index (χ3n) is 8.50. The van der Waals surface area contributed by atoms with Crippen LogP contribution < -0.4 is 0 Å². The van der Waals surface area contributed by atoms with Gasteiger partial charge in [0.15, 0.2) is 0 Å². The van der Waals surface area contributed by atoms with E-state index in [4.69, 9.17) is 4.42 Å². The van der Waals surface area contributed by atoms with Gasteiger partial charge in [0.05, 0.1) is 5.58 Å². The van der Waals surface area contributed by atoms with Crippen LogP contribution >= 0.6 is 0 Å². The fraction of sp³-hybridized carbons (Fsp3) is 0.171. The van der Waals surface area contributed by atoms with Crippen molar-refractivity contribution in [3.8, 4) is 22.5 Å². The molecular formula is C41H34IrN2O-2. The molecule has 7 aromatic rings. The smallest absolute Gasteiger partial charge is 0.120 e. The quantitative estimate of drug-likeness (QED) is 0.158. The third kappa shape index (κ3) is 7.31. The minimum Gasteiger partial charge on any atom is -0.500 e. The van der Waals surface area contributed by atoms with E-state index in [1.807, 2.05) is 67.0 Å². The van der Waals surface area contributed by atoms with Crippen LogP contribution in [0.25, 0.3) is 44.5 Å². The SMILES string of the molecule is [Ir].[c-]1cc2oc3ccccc3c2cc1-c1cc(CC2CCCC2)ccn1.[c-]1ccccc1-c1ncccc1Cc1ccccc1. The summed E-state index contributed by atoms with van der Waals surface area (Å²) < 4.78 is 5.90. The Morgan fingerprint density at radius 2 is 1.49 bits per heavy atom. The predicted molar refractivity (Wildman–Crippen MR) is 179 cm³/mol. The van der Waals surface area contributed by atoms with Crippen molar-refractivity contribution in [3.63, 3.8) is 0 Å². The molecule has 4 heteroatoms. The number of hydrogen-bond donors (Lipinski definition) is 0. The maximum Gasteiger partial charge on any atom is 0.120 e. The summed E-state index contributed by atoms with van der Waals surface area (Å²) in [5, 5.41) is 2.28. The van der Waals surface area contributed by atoms with Crippen molar-refractivity contribution in [1.82, 2.24) is 9.97 Å². The normalized spacial score (nSPS) is 12.9. The second-order valence-corrected chi connectivity index (χ2v) is 11.6. The summed E-state index contributed by atoms with van der Waals surface area (Å²) in [4.78, 5) is 9.11. The van der Waals surface area contributed by atoms with Crippen molar-refractivity contribution < 1.29 is 24.5 Å². The van der Waals surface area contributed by atoms with E-state index in [1.165, 1.54) is 48.8 Å². The van der Waals surface area contributed by atoms with Crippen molar-refractivity contribution in [3.05, 3.63) is 156 Å². The predicted octanol–water partition coefficient (Wildman–Crippen LogP) is 10.3. The zero-order valence-corrected chi connectivity index (χ0v) is 27.5. The zero-order chi connectivity index (χ0) is 29.6. The van der Waals surface area contributed by atoms with Gasteiger partial charge in [0.1, 0.15) is 5.58 Å². The van der Waals surface area contributed by atoms with Crippen LogP contribution in [-0.2, 0) is 32.9 Å². The Bertz CT molecular complexity index is 1980. The minimum atomic E-state index is 0. The first-order valence-corrected chi connectivity index (χ1v) is 15.5. The van der Waals surface area contributed by atoms with E-state index < -0.39 is 0 Å². The van der Waals surface area contributed by atoms with Crippen molar-refractivity contribution in [2.75, 3.05) is 0 Å². The Kier molecular flexibility index (Phi) is 9.95. The summed E-state index contributed by atoms with van der Waals surface area (Å²) in [6.07, 6.45) is 11.4. The number of pyridine rings is 2. The molecule has 225 valence electrons. The van der Waals surface area contributed by atoms with E-state index in [1.54, 1.807) is 0 Å². The van der Waals surface area contributed by atoms with Crippen LogP contribution in [0.3, 0.4) is 0 Å². The number of rotatable bonds is 6. The number of aromatic nitrogens is 2. The van der Waals surface area contributed by atoms with Crippen LogP contribution in [-0.4, -0.2) is 9.97 Å². The van der Waals surface area contributed by atoms with Gasteiger partial charge in [-0.25, -0.2) is 0 Å². The number of para-hydroxylation sites is 1. The molecule has 4 aromatic carbocycles. The van der Waals surface area contributed by atoms with E-state index in [9.17, 15) is 0 Å². The van der Waals surface area contributed by atoms with Crippen molar-refractivity contribution in [2.45, 2.75) is 38.5 Å². The van der Waals surface area contributed by atoms with Crippen LogP contribution in [0.15, 0.2) is 132 Å². The molecule has 0 aliphatic heterocycles. The van der Waals surface area contributed by atoms with E-state index in [-0.39, 0.29) is 20.1 Å². The van der Waals surface area contributed by atoms with Crippen LogP contribution in [0.4, 0.5) is 0 Å². The van der Waals surface area contributed by atoms with Crippen LogP contribution in [0.2, 0.25) is 0 Å². The van der Waals surface area contributed by atoms with Crippen molar-refractivity contribution in [2.24, 2.45) is 5.92 Å². The summed E-state index contributed by atoms with van der Waals surface area (Å²) >= 11 is 0. The second kappa shape index (κ2) is 14.6. The molecule has 3 heterocycles. The van der Waals surface area contributed by atoms with Gasteiger partial charge in [-0.2, -0.15) is 0 Å². The van der Waals surface area contributed by atoms with Gasteiger partial charge in [-0.1, -0.05) is 103 Å². The summed E-state index contributed by atoms with van der Waals surface area (Å²) in [5.41, 5.74) is 9.83. The van der Waals surface area contributed by atoms with E-state index in [2.05, 4.69) is 82.8 Å². The molecule has 3 nitrogen and oxygen atoms in total. The molecule has 1 radical (unpaired) electrons. The molecular weight excluding hydrogens is 729 g/mol. The number of fused-ring (bicyclic) bond motifs is 3. The fourth-order valence-corrected chi connectivity index (χ4v) is 6.29. The summed E-state index contributed by atoms with van der Waals surface area (Å²) in [6.45, 7) is 0. The molecule has 3 aromatic heterocycles. The van der Waals surface area contributed by atoms with Gasteiger partial charge >= 0.3 is 0 Å². The standard InChI is InChI=1S/C23H20NO.C18H14N.Ir/c1-2-6-16(5-1)13-17-11-12-24-21(14-17)18-9-10-23-20(15-18)19-7-3-4-8-22(19)25-23;1-3-8-15(9-4-1)14-17-12-7-13-19-18(17)16-10-5-2-6-11-16;/h3-4,7-8,10-12,14-16H,1-2,5-6,13H2;1-10,12-13H,14H2;/q2*-1;. The minimum absolute atomic E-state index is 0. The number of benzene rings is 4. The first-order chi connectivity index (χ1) is 21.8. The zero-order valence-electron chi connectivity index (χ0n) is 25.1. The van der Waals surface area contributed by atoms with E-state index in [0.717, 1.165) is 56.8 Å². The number of nitrogens with zero attached hydrogens (tertiary/aromatic N) is 2. The molecule has 0 amide bonds. The molecule has 0 N–H and O–H groups in total. The average Bonchev–Trinajstić information content (AvgIpc) is 3.74. The topological polar surface area (TPSA) is 38.9 Å². The largest absolute Gasteiger partial charge is 0.500 e. The van der Waals surface area contributed by atoms with Gasteiger partial charge in [-0.15, -0.1) is 59.7 Å². The maximum absolute atomic E-state index is 5.90. The molecule has 1 saturated carbocycles. The summed E-state index contributed by atoms with van der Waals surface area (Å²) in [7, 11) is 0. The Morgan fingerprint density at radius 3 is 2.33 bits per heavy atom. The molecule has 0 unspecified atom stereocenters. The number of furan rings is 1. The van der Waals surface area contributed by atoms with Gasteiger partial charge in [0.25, 0.3) is 0 Å². The average molecular weight is 763 g/mol. The monoisotopic (exact) mass is 763 g/mol. The summed E-state index contributed by atoms with van der Waals surface area (Å²) in [6, 6.07) is 45.8. The first kappa shape index (κ1) is 30.6.